The number of rotatable bonds is 5. The van der Waals surface area contributed by atoms with Crippen molar-refractivity contribution in [3.63, 3.8) is 0 Å². The molecule has 0 spiro atoms. The molecular weight excluding hydrogens is 445 g/mol. The second kappa shape index (κ2) is 9.30. The summed E-state index contributed by atoms with van der Waals surface area (Å²) in [6.07, 6.45) is -4.46. The van der Waals surface area contributed by atoms with Crippen molar-refractivity contribution in [3.05, 3.63) is 95.2 Å². The van der Waals surface area contributed by atoms with Crippen LogP contribution in [-0.2, 0) is 12.7 Å². The zero-order chi connectivity index (χ0) is 24.3. The summed E-state index contributed by atoms with van der Waals surface area (Å²) in [5.74, 6) is -0.458. The Morgan fingerprint density at radius 1 is 0.882 bits per heavy atom. The Kier molecular flexibility index (Phi) is 6.27. The predicted molar refractivity (Wildman–Crippen MR) is 125 cm³/mol. The number of alkyl halides is 3. The van der Waals surface area contributed by atoms with E-state index in [1.807, 2.05) is 25.1 Å². The van der Waals surface area contributed by atoms with Gasteiger partial charge in [-0.3, -0.25) is 4.79 Å². The first-order chi connectivity index (χ1) is 16.2. The number of urea groups is 1. The normalized spacial score (nSPS) is 11.3. The van der Waals surface area contributed by atoms with Crippen molar-refractivity contribution in [1.29, 1.82) is 0 Å². The smallest absolute Gasteiger partial charge is 0.351 e. The van der Waals surface area contributed by atoms with E-state index >= 15 is 0 Å². The molecule has 4 N–H and O–H groups in total. The molecular formula is C25H21F3N4O2. The van der Waals surface area contributed by atoms with Crippen molar-refractivity contribution in [2.24, 2.45) is 0 Å². The molecule has 174 valence electrons. The maximum Gasteiger partial charge on any atom is 0.416 e. The second-order valence-electron chi connectivity index (χ2n) is 7.81. The Hall–Kier alpha value is -4.27. The van der Waals surface area contributed by atoms with Gasteiger partial charge in [-0.15, -0.1) is 0 Å². The van der Waals surface area contributed by atoms with Crippen LogP contribution in [0.2, 0.25) is 0 Å². The zero-order valence-electron chi connectivity index (χ0n) is 18.1. The highest BCUT2D eigenvalue weighted by atomic mass is 19.4. The van der Waals surface area contributed by atoms with Crippen molar-refractivity contribution < 1.29 is 22.8 Å². The highest BCUT2D eigenvalue weighted by Gasteiger charge is 2.30. The summed E-state index contributed by atoms with van der Waals surface area (Å²) >= 11 is 0. The van der Waals surface area contributed by atoms with Crippen molar-refractivity contribution in [3.8, 4) is 0 Å². The fraction of sp³-hybridized carbons (Fsp3) is 0.120. The quantitative estimate of drug-likeness (QED) is 0.288. The molecule has 0 atom stereocenters. The van der Waals surface area contributed by atoms with Gasteiger partial charge in [0.2, 0.25) is 0 Å². The zero-order valence-corrected chi connectivity index (χ0v) is 18.1. The molecule has 0 fully saturated rings. The third-order valence-electron chi connectivity index (χ3n) is 5.11. The van der Waals surface area contributed by atoms with Crippen molar-refractivity contribution >= 4 is 34.2 Å². The number of carbonyl (C=O) groups excluding carboxylic acids is 2. The molecule has 3 amide bonds. The Bertz CT molecular complexity index is 1360. The minimum atomic E-state index is -4.46. The highest BCUT2D eigenvalue weighted by Crippen LogP contribution is 2.31. The van der Waals surface area contributed by atoms with Gasteiger partial charge < -0.3 is 20.9 Å². The third-order valence-corrected chi connectivity index (χ3v) is 5.11. The first kappa shape index (κ1) is 22.9. The lowest BCUT2D eigenvalue weighted by Crippen LogP contribution is -2.23. The Balaban J connectivity index is 1.37. The molecule has 1 aromatic heterocycles. The van der Waals surface area contributed by atoms with E-state index in [-0.39, 0.29) is 17.8 Å². The molecule has 0 saturated heterocycles. The summed E-state index contributed by atoms with van der Waals surface area (Å²) in [7, 11) is 0. The number of amides is 3. The number of carbonyl (C=O) groups is 2. The fourth-order valence-electron chi connectivity index (χ4n) is 3.48. The standard InChI is InChI=1S/C25H21F3N4O2/c1-15-4-2-6-19(10-15)30-24(34)31-20-7-3-5-16(11-20)14-29-23(33)22-12-17-8-9-18(25(26,27)28)13-21(17)32-22/h2-13,32H,14H2,1H3,(H,29,33)(H2,30,31,34). The number of aromatic amines is 1. The molecule has 1 heterocycles. The first-order valence-corrected chi connectivity index (χ1v) is 10.4. The molecule has 34 heavy (non-hydrogen) atoms. The molecule has 4 aromatic rings. The van der Waals surface area contributed by atoms with Gasteiger partial charge in [0, 0.05) is 28.8 Å². The summed E-state index contributed by atoms with van der Waals surface area (Å²) in [5, 5.41) is 8.73. The number of aryl methyl sites for hydroxylation is 1. The summed E-state index contributed by atoms with van der Waals surface area (Å²) < 4.78 is 38.7. The monoisotopic (exact) mass is 466 g/mol. The topological polar surface area (TPSA) is 86.0 Å². The number of fused-ring (bicyclic) bond motifs is 1. The third kappa shape index (κ3) is 5.55. The van der Waals surface area contributed by atoms with E-state index in [1.54, 1.807) is 30.3 Å². The second-order valence-corrected chi connectivity index (χ2v) is 7.81. The molecule has 0 bridgehead atoms. The van der Waals surface area contributed by atoms with E-state index in [1.165, 1.54) is 12.1 Å². The summed E-state index contributed by atoms with van der Waals surface area (Å²) in [6, 6.07) is 18.7. The summed E-state index contributed by atoms with van der Waals surface area (Å²) in [4.78, 5) is 27.5. The summed E-state index contributed by atoms with van der Waals surface area (Å²) in [6.45, 7) is 2.09. The molecule has 0 aliphatic carbocycles. The number of benzene rings is 3. The van der Waals surface area contributed by atoms with Gasteiger partial charge in [-0.05, 0) is 60.5 Å². The highest BCUT2D eigenvalue weighted by molar-refractivity contribution is 6.00. The van der Waals surface area contributed by atoms with E-state index in [9.17, 15) is 22.8 Å². The van der Waals surface area contributed by atoms with Gasteiger partial charge in [0.05, 0.1) is 5.56 Å². The van der Waals surface area contributed by atoms with Gasteiger partial charge in [0.15, 0.2) is 0 Å². The minimum absolute atomic E-state index is 0.154. The maximum absolute atomic E-state index is 12.9. The van der Waals surface area contributed by atoms with Gasteiger partial charge in [-0.2, -0.15) is 13.2 Å². The van der Waals surface area contributed by atoms with Crippen LogP contribution >= 0.6 is 0 Å². The van der Waals surface area contributed by atoms with Crippen LogP contribution in [0.15, 0.2) is 72.8 Å². The van der Waals surface area contributed by atoms with E-state index in [4.69, 9.17) is 0 Å². The molecule has 0 aliphatic heterocycles. The van der Waals surface area contributed by atoms with Crippen molar-refractivity contribution in [1.82, 2.24) is 10.3 Å². The van der Waals surface area contributed by atoms with Gasteiger partial charge in [-0.1, -0.05) is 30.3 Å². The number of anilines is 2. The Morgan fingerprint density at radius 2 is 1.59 bits per heavy atom. The maximum atomic E-state index is 12.9. The van der Waals surface area contributed by atoms with Crippen LogP contribution in [0.3, 0.4) is 0 Å². The van der Waals surface area contributed by atoms with E-state index in [0.29, 0.717) is 16.8 Å². The molecule has 3 aromatic carbocycles. The van der Waals surface area contributed by atoms with E-state index < -0.39 is 23.7 Å². The number of hydrogen-bond acceptors (Lipinski definition) is 2. The minimum Gasteiger partial charge on any atom is -0.351 e. The van der Waals surface area contributed by atoms with Crippen LogP contribution < -0.4 is 16.0 Å². The van der Waals surface area contributed by atoms with Crippen LogP contribution in [0, 0.1) is 6.92 Å². The van der Waals surface area contributed by atoms with Gasteiger partial charge in [0.1, 0.15) is 5.69 Å². The predicted octanol–water partition coefficient (Wildman–Crippen LogP) is 6.07. The molecule has 9 heteroatoms. The Labute approximate surface area is 193 Å². The van der Waals surface area contributed by atoms with Crippen LogP contribution in [0.1, 0.15) is 27.2 Å². The molecule has 0 unspecified atom stereocenters. The molecule has 4 rings (SSSR count). The fourth-order valence-corrected chi connectivity index (χ4v) is 3.48. The lowest BCUT2D eigenvalue weighted by atomic mass is 10.1. The number of H-pyrrole nitrogens is 1. The van der Waals surface area contributed by atoms with Crippen LogP contribution in [0.5, 0.6) is 0 Å². The van der Waals surface area contributed by atoms with Gasteiger partial charge >= 0.3 is 12.2 Å². The molecule has 0 radical (unpaired) electrons. The van der Waals surface area contributed by atoms with Gasteiger partial charge in [-0.25, -0.2) is 4.79 Å². The average Bonchev–Trinajstić information content (AvgIpc) is 3.21. The van der Waals surface area contributed by atoms with Crippen LogP contribution in [0.4, 0.5) is 29.3 Å². The molecule has 6 nitrogen and oxygen atoms in total. The number of nitrogens with one attached hydrogen (secondary N) is 4. The Morgan fingerprint density at radius 3 is 2.29 bits per heavy atom. The molecule has 0 saturated carbocycles. The van der Waals surface area contributed by atoms with Crippen LogP contribution in [-0.4, -0.2) is 16.9 Å². The largest absolute Gasteiger partial charge is 0.416 e. The van der Waals surface area contributed by atoms with Gasteiger partial charge in [0.25, 0.3) is 5.91 Å². The van der Waals surface area contributed by atoms with Crippen molar-refractivity contribution in [2.75, 3.05) is 10.6 Å². The van der Waals surface area contributed by atoms with Crippen molar-refractivity contribution in [2.45, 2.75) is 19.6 Å². The SMILES string of the molecule is Cc1cccc(NC(=O)Nc2cccc(CNC(=O)c3cc4ccc(C(F)(F)F)cc4[nH]3)c2)c1. The first-order valence-electron chi connectivity index (χ1n) is 10.4. The number of aromatic nitrogens is 1. The lowest BCUT2D eigenvalue weighted by Gasteiger charge is -2.10. The average molecular weight is 466 g/mol. The van der Waals surface area contributed by atoms with Crippen LogP contribution in [0.25, 0.3) is 10.9 Å². The number of hydrogen-bond donors (Lipinski definition) is 4. The lowest BCUT2D eigenvalue weighted by molar-refractivity contribution is -0.137. The van der Waals surface area contributed by atoms with E-state index in [2.05, 4.69) is 20.9 Å². The molecule has 0 aliphatic rings. The van der Waals surface area contributed by atoms with E-state index in [0.717, 1.165) is 23.3 Å². The summed E-state index contributed by atoms with van der Waals surface area (Å²) in [5.41, 5.74) is 2.56. The number of halogens is 3.